The molecule has 0 radical (unpaired) electrons. The van der Waals surface area contributed by atoms with Crippen molar-refractivity contribution in [2.24, 2.45) is 0 Å². The van der Waals surface area contributed by atoms with Crippen LogP contribution in [-0.4, -0.2) is 26.3 Å². The highest BCUT2D eigenvalue weighted by molar-refractivity contribution is 7.89. The second kappa shape index (κ2) is 6.24. The Balaban J connectivity index is 2.17. The van der Waals surface area contributed by atoms with Crippen LogP contribution in [0.1, 0.15) is 5.56 Å². The molecule has 0 saturated carbocycles. The third-order valence-electron chi connectivity index (χ3n) is 3.20. The third kappa shape index (κ3) is 3.59. The summed E-state index contributed by atoms with van der Waals surface area (Å²) in [5.41, 5.74) is 6.77. The predicted octanol–water partition coefficient (Wildman–Crippen LogP) is 2.27. The van der Waals surface area contributed by atoms with Gasteiger partial charge in [-0.2, -0.15) is 0 Å². The van der Waals surface area contributed by atoms with Gasteiger partial charge in [0, 0.05) is 19.3 Å². The quantitative estimate of drug-likeness (QED) is 0.862. The summed E-state index contributed by atoms with van der Waals surface area (Å²) in [5.74, 6) is -0.796. The minimum absolute atomic E-state index is 0.214. The Labute approximate surface area is 124 Å². The number of hydrogen-bond donors (Lipinski definition) is 1. The van der Waals surface area contributed by atoms with Crippen molar-refractivity contribution in [2.75, 3.05) is 19.3 Å². The number of likely N-dealkylation sites (N-methyl/N-ethyl adjacent to an activating group) is 1. The largest absolute Gasteiger partial charge is 0.399 e. The van der Waals surface area contributed by atoms with Crippen molar-refractivity contribution in [3.8, 4) is 0 Å². The molecule has 0 spiro atoms. The second-order valence-corrected chi connectivity index (χ2v) is 6.77. The smallest absolute Gasteiger partial charge is 0.245 e. The van der Waals surface area contributed by atoms with Crippen LogP contribution in [0.2, 0.25) is 0 Å². The van der Waals surface area contributed by atoms with Gasteiger partial charge in [-0.25, -0.2) is 17.1 Å². The van der Waals surface area contributed by atoms with Crippen molar-refractivity contribution in [3.05, 3.63) is 59.9 Å². The maximum Gasteiger partial charge on any atom is 0.245 e. The Hall–Kier alpha value is -1.92. The average Bonchev–Trinajstić information content (AvgIpc) is 2.48. The lowest BCUT2D eigenvalue weighted by molar-refractivity contribution is 0.465. The van der Waals surface area contributed by atoms with Crippen LogP contribution in [0.25, 0.3) is 0 Å². The molecule has 0 atom stereocenters. The number of hydrogen-bond acceptors (Lipinski definition) is 3. The molecule has 0 unspecified atom stereocenters. The van der Waals surface area contributed by atoms with Gasteiger partial charge in [0.2, 0.25) is 10.0 Å². The van der Waals surface area contributed by atoms with E-state index in [1.165, 1.54) is 13.1 Å². The molecule has 112 valence electrons. The van der Waals surface area contributed by atoms with Crippen molar-refractivity contribution in [1.82, 2.24) is 4.31 Å². The molecule has 6 heteroatoms. The summed E-state index contributed by atoms with van der Waals surface area (Å²) in [6, 6.07) is 13.0. The summed E-state index contributed by atoms with van der Waals surface area (Å²) in [6.45, 7) is 0.264. The highest BCUT2D eigenvalue weighted by Crippen LogP contribution is 2.21. The lowest BCUT2D eigenvalue weighted by Gasteiger charge is -2.18. The van der Waals surface area contributed by atoms with Gasteiger partial charge in [-0.05, 0) is 30.2 Å². The van der Waals surface area contributed by atoms with Crippen LogP contribution in [0.5, 0.6) is 0 Å². The maximum atomic E-state index is 13.7. The van der Waals surface area contributed by atoms with Crippen molar-refractivity contribution in [3.63, 3.8) is 0 Å². The SMILES string of the molecule is CN(CCc1ccccc1)S(=O)(=O)c1cc(N)ccc1F. The monoisotopic (exact) mass is 308 g/mol. The topological polar surface area (TPSA) is 63.4 Å². The summed E-state index contributed by atoms with van der Waals surface area (Å²) < 4.78 is 39.6. The van der Waals surface area contributed by atoms with Crippen molar-refractivity contribution in [2.45, 2.75) is 11.3 Å². The van der Waals surface area contributed by atoms with Gasteiger partial charge in [-0.3, -0.25) is 0 Å². The van der Waals surface area contributed by atoms with Gasteiger partial charge in [0.05, 0.1) is 0 Å². The molecular formula is C15H17FN2O2S. The Morgan fingerprint density at radius 2 is 1.81 bits per heavy atom. The zero-order valence-electron chi connectivity index (χ0n) is 11.7. The van der Waals surface area contributed by atoms with E-state index in [1.807, 2.05) is 30.3 Å². The number of nitrogens with zero attached hydrogens (tertiary/aromatic N) is 1. The summed E-state index contributed by atoms with van der Waals surface area (Å²) in [4.78, 5) is -0.391. The van der Waals surface area contributed by atoms with Gasteiger partial charge in [0.15, 0.2) is 0 Å². The lowest BCUT2D eigenvalue weighted by atomic mass is 10.2. The van der Waals surface area contributed by atoms with E-state index in [0.29, 0.717) is 6.42 Å². The molecule has 0 aromatic heterocycles. The molecule has 0 amide bonds. The van der Waals surface area contributed by atoms with Crippen LogP contribution in [0.15, 0.2) is 53.4 Å². The van der Waals surface area contributed by atoms with E-state index in [-0.39, 0.29) is 12.2 Å². The molecule has 2 rings (SSSR count). The molecule has 0 saturated heterocycles. The predicted molar refractivity (Wildman–Crippen MR) is 80.8 cm³/mol. The number of sulfonamides is 1. The van der Waals surface area contributed by atoms with Crippen LogP contribution in [0.4, 0.5) is 10.1 Å². The zero-order chi connectivity index (χ0) is 15.5. The molecule has 0 aliphatic rings. The van der Waals surface area contributed by atoms with Crippen LogP contribution in [0.3, 0.4) is 0 Å². The maximum absolute atomic E-state index is 13.7. The van der Waals surface area contributed by atoms with Crippen molar-refractivity contribution in [1.29, 1.82) is 0 Å². The Morgan fingerprint density at radius 3 is 2.48 bits per heavy atom. The van der Waals surface area contributed by atoms with Gasteiger partial charge in [-0.1, -0.05) is 30.3 Å². The third-order valence-corrected chi connectivity index (χ3v) is 5.07. The summed E-state index contributed by atoms with van der Waals surface area (Å²) >= 11 is 0. The Morgan fingerprint density at radius 1 is 1.14 bits per heavy atom. The van der Waals surface area contributed by atoms with Crippen molar-refractivity contribution >= 4 is 15.7 Å². The van der Waals surface area contributed by atoms with Gasteiger partial charge < -0.3 is 5.73 Å². The highest BCUT2D eigenvalue weighted by Gasteiger charge is 2.24. The lowest BCUT2D eigenvalue weighted by Crippen LogP contribution is -2.29. The first-order valence-corrected chi connectivity index (χ1v) is 7.90. The van der Waals surface area contributed by atoms with Crippen LogP contribution in [-0.2, 0) is 16.4 Å². The zero-order valence-corrected chi connectivity index (χ0v) is 12.5. The van der Waals surface area contributed by atoms with E-state index < -0.39 is 20.7 Å². The first kappa shape index (κ1) is 15.5. The first-order chi connectivity index (χ1) is 9.91. The summed E-state index contributed by atoms with van der Waals surface area (Å²) in [6.07, 6.45) is 0.556. The Bertz CT molecular complexity index is 718. The van der Waals surface area contributed by atoms with E-state index >= 15 is 0 Å². The van der Waals surface area contributed by atoms with Crippen LogP contribution in [0, 0.1) is 5.82 Å². The molecule has 4 nitrogen and oxygen atoms in total. The molecule has 0 heterocycles. The number of benzene rings is 2. The molecule has 2 aromatic carbocycles. The molecular weight excluding hydrogens is 291 g/mol. The number of anilines is 1. The van der Waals surface area contributed by atoms with Crippen LogP contribution < -0.4 is 5.73 Å². The summed E-state index contributed by atoms with van der Waals surface area (Å²) in [5, 5.41) is 0. The second-order valence-electron chi connectivity index (χ2n) is 4.75. The van der Waals surface area contributed by atoms with E-state index in [4.69, 9.17) is 5.73 Å². The number of rotatable bonds is 5. The molecule has 0 aliphatic heterocycles. The molecule has 0 aliphatic carbocycles. The van der Waals surface area contributed by atoms with Crippen LogP contribution >= 0.6 is 0 Å². The molecule has 2 aromatic rings. The average molecular weight is 308 g/mol. The number of nitrogen functional groups attached to an aromatic ring is 1. The molecule has 2 N–H and O–H groups in total. The number of nitrogens with two attached hydrogens (primary N) is 1. The van der Waals surface area contributed by atoms with E-state index in [9.17, 15) is 12.8 Å². The van der Waals surface area contributed by atoms with Gasteiger partial charge in [0.25, 0.3) is 0 Å². The number of halogens is 1. The molecule has 0 bridgehead atoms. The highest BCUT2D eigenvalue weighted by atomic mass is 32.2. The van der Waals surface area contributed by atoms with E-state index in [0.717, 1.165) is 22.0 Å². The molecule has 21 heavy (non-hydrogen) atoms. The minimum Gasteiger partial charge on any atom is -0.399 e. The molecule has 0 fully saturated rings. The fourth-order valence-electron chi connectivity index (χ4n) is 1.94. The summed E-state index contributed by atoms with van der Waals surface area (Å²) in [7, 11) is -2.45. The Kier molecular flexibility index (Phi) is 4.59. The standard InChI is InChI=1S/C15H17FN2O2S/c1-18(10-9-12-5-3-2-4-6-12)21(19,20)15-11-13(17)7-8-14(15)16/h2-8,11H,9-10,17H2,1H3. The normalized spacial score (nSPS) is 11.8. The fraction of sp³-hybridized carbons (Fsp3) is 0.200. The fourth-order valence-corrected chi connectivity index (χ4v) is 3.20. The first-order valence-electron chi connectivity index (χ1n) is 6.46. The minimum atomic E-state index is -3.88. The van der Waals surface area contributed by atoms with E-state index in [1.54, 1.807) is 0 Å². The van der Waals surface area contributed by atoms with Gasteiger partial charge >= 0.3 is 0 Å². The van der Waals surface area contributed by atoms with Gasteiger partial charge in [0.1, 0.15) is 10.7 Å². The van der Waals surface area contributed by atoms with E-state index in [2.05, 4.69) is 0 Å². The van der Waals surface area contributed by atoms with Gasteiger partial charge in [-0.15, -0.1) is 0 Å². The van der Waals surface area contributed by atoms with Crippen molar-refractivity contribution < 1.29 is 12.8 Å².